The van der Waals surface area contributed by atoms with E-state index in [0.717, 1.165) is 5.69 Å². The lowest BCUT2D eigenvalue weighted by atomic mass is 10.0. The minimum absolute atomic E-state index is 0.328. The molecule has 0 atom stereocenters. The smallest absolute Gasteiger partial charge is 0.249 e. The number of nitrogens with one attached hydrogen (secondary N) is 2. The zero-order valence-corrected chi connectivity index (χ0v) is 14.1. The van der Waals surface area contributed by atoms with Crippen LogP contribution >= 0.6 is 0 Å². The maximum atomic E-state index is 9.17. The molecule has 3 rings (SSSR count). The average Bonchev–Trinajstić information content (AvgIpc) is 2.63. The summed E-state index contributed by atoms with van der Waals surface area (Å²) in [6.45, 7) is 4.29. The molecule has 0 unspecified atom stereocenters. The SMILES string of the molecule is CC(C)c1ccccc1Nc1cnnc(Nc2ccccc2C#N)n1. The molecule has 0 radical (unpaired) electrons. The molecule has 0 aliphatic carbocycles. The van der Waals surface area contributed by atoms with Gasteiger partial charge in [-0.25, -0.2) is 0 Å². The number of anilines is 4. The third kappa shape index (κ3) is 3.90. The van der Waals surface area contributed by atoms with E-state index < -0.39 is 0 Å². The Morgan fingerprint density at radius 1 is 0.960 bits per heavy atom. The second-order valence-electron chi connectivity index (χ2n) is 5.81. The molecule has 0 bridgehead atoms. The predicted octanol–water partition coefficient (Wildman–Crippen LogP) is 4.35. The van der Waals surface area contributed by atoms with Gasteiger partial charge in [0.2, 0.25) is 5.95 Å². The summed E-state index contributed by atoms with van der Waals surface area (Å²) in [5.41, 5.74) is 3.35. The van der Waals surface area contributed by atoms with Gasteiger partial charge in [-0.15, -0.1) is 5.10 Å². The highest BCUT2D eigenvalue weighted by molar-refractivity contribution is 5.65. The van der Waals surface area contributed by atoms with Gasteiger partial charge in [0.25, 0.3) is 0 Å². The number of para-hydroxylation sites is 2. The molecule has 0 saturated carbocycles. The highest BCUT2D eigenvalue weighted by Crippen LogP contribution is 2.26. The number of rotatable bonds is 5. The number of benzene rings is 2. The topological polar surface area (TPSA) is 86.5 Å². The van der Waals surface area contributed by atoms with Crippen molar-refractivity contribution in [1.29, 1.82) is 5.26 Å². The Bertz CT molecular complexity index is 914. The van der Waals surface area contributed by atoms with Gasteiger partial charge < -0.3 is 10.6 Å². The van der Waals surface area contributed by atoms with Crippen LogP contribution in [0.2, 0.25) is 0 Å². The van der Waals surface area contributed by atoms with E-state index in [-0.39, 0.29) is 0 Å². The maximum absolute atomic E-state index is 9.17. The summed E-state index contributed by atoms with van der Waals surface area (Å²) in [6.07, 6.45) is 1.57. The van der Waals surface area contributed by atoms with Crippen molar-refractivity contribution in [3.63, 3.8) is 0 Å². The van der Waals surface area contributed by atoms with E-state index in [0.29, 0.717) is 28.9 Å². The molecular weight excluding hydrogens is 312 g/mol. The lowest BCUT2D eigenvalue weighted by Gasteiger charge is -2.14. The van der Waals surface area contributed by atoms with Crippen molar-refractivity contribution >= 4 is 23.1 Å². The molecule has 3 aromatic rings. The van der Waals surface area contributed by atoms with Crippen LogP contribution in [0, 0.1) is 11.3 Å². The number of hydrogen-bond donors (Lipinski definition) is 2. The van der Waals surface area contributed by atoms with Crippen LogP contribution in [0.5, 0.6) is 0 Å². The van der Waals surface area contributed by atoms with Gasteiger partial charge in [-0.1, -0.05) is 44.2 Å². The maximum Gasteiger partial charge on any atom is 0.249 e. The van der Waals surface area contributed by atoms with Gasteiger partial charge in [0, 0.05) is 5.69 Å². The van der Waals surface area contributed by atoms with Gasteiger partial charge in [0.1, 0.15) is 6.07 Å². The molecule has 0 aliphatic rings. The third-order valence-electron chi connectivity index (χ3n) is 3.70. The van der Waals surface area contributed by atoms with Gasteiger partial charge in [-0.05, 0) is 29.7 Å². The summed E-state index contributed by atoms with van der Waals surface area (Å²) in [5.74, 6) is 1.30. The fraction of sp³-hybridized carbons (Fsp3) is 0.158. The Kier molecular flexibility index (Phi) is 4.86. The molecule has 1 aromatic heterocycles. The Hall–Kier alpha value is -3.46. The molecular formula is C19H18N6. The normalized spacial score (nSPS) is 10.3. The second kappa shape index (κ2) is 7.41. The Balaban J connectivity index is 1.84. The summed E-state index contributed by atoms with van der Waals surface area (Å²) in [5, 5.41) is 23.5. The summed E-state index contributed by atoms with van der Waals surface area (Å²) >= 11 is 0. The molecule has 0 saturated heterocycles. The van der Waals surface area contributed by atoms with E-state index in [1.165, 1.54) is 5.56 Å². The first kappa shape index (κ1) is 16.4. The van der Waals surface area contributed by atoms with Crippen molar-refractivity contribution in [2.24, 2.45) is 0 Å². The number of aromatic nitrogens is 3. The minimum atomic E-state index is 0.328. The minimum Gasteiger partial charge on any atom is -0.339 e. The highest BCUT2D eigenvalue weighted by atomic mass is 15.3. The largest absolute Gasteiger partial charge is 0.339 e. The van der Waals surface area contributed by atoms with Gasteiger partial charge in [-0.3, -0.25) is 0 Å². The number of nitriles is 1. The van der Waals surface area contributed by atoms with Gasteiger partial charge in [-0.2, -0.15) is 15.3 Å². The van der Waals surface area contributed by atoms with E-state index in [1.54, 1.807) is 18.3 Å². The van der Waals surface area contributed by atoms with Crippen LogP contribution in [0.1, 0.15) is 30.9 Å². The van der Waals surface area contributed by atoms with Gasteiger partial charge >= 0.3 is 0 Å². The van der Waals surface area contributed by atoms with Gasteiger partial charge in [0.15, 0.2) is 5.82 Å². The summed E-state index contributed by atoms with van der Waals surface area (Å²) in [7, 11) is 0. The van der Waals surface area contributed by atoms with Crippen LogP contribution in [0.3, 0.4) is 0 Å². The quantitative estimate of drug-likeness (QED) is 0.723. The molecule has 1 heterocycles. The van der Waals surface area contributed by atoms with E-state index in [4.69, 9.17) is 5.26 Å². The zero-order chi connectivity index (χ0) is 17.6. The standard InChI is InChI=1S/C19H18N6/c1-13(2)15-8-4-6-10-17(15)22-18-12-21-25-19(24-18)23-16-9-5-3-7-14(16)11-20/h3-10,12-13H,1-2H3,(H2,22,23,24,25). The van der Waals surface area contributed by atoms with E-state index in [1.807, 2.05) is 30.3 Å². The zero-order valence-electron chi connectivity index (χ0n) is 14.1. The molecule has 2 N–H and O–H groups in total. The Morgan fingerprint density at radius 2 is 1.68 bits per heavy atom. The van der Waals surface area contributed by atoms with Crippen LogP contribution in [0.4, 0.5) is 23.1 Å². The molecule has 0 spiro atoms. The summed E-state index contributed by atoms with van der Waals surface area (Å²) in [6, 6.07) is 17.4. The molecule has 124 valence electrons. The van der Waals surface area contributed by atoms with Crippen molar-refractivity contribution in [2.45, 2.75) is 19.8 Å². The third-order valence-corrected chi connectivity index (χ3v) is 3.70. The average molecular weight is 330 g/mol. The van der Waals surface area contributed by atoms with Crippen LogP contribution < -0.4 is 10.6 Å². The summed E-state index contributed by atoms with van der Waals surface area (Å²) in [4.78, 5) is 4.43. The molecule has 25 heavy (non-hydrogen) atoms. The lowest BCUT2D eigenvalue weighted by molar-refractivity contribution is 0.868. The molecule has 0 aliphatic heterocycles. The predicted molar refractivity (Wildman–Crippen MR) is 98.1 cm³/mol. The van der Waals surface area contributed by atoms with Crippen LogP contribution in [-0.2, 0) is 0 Å². The first-order chi connectivity index (χ1) is 12.2. The molecule has 2 aromatic carbocycles. The Morgan fingerprint density at radius 3 is 2.44 bits per heavy atom. The van der Waals surface area contributed by atoms with Crippen LogP contribution in [0.25, 0.3) is 0 Å². The second-order valence-corrected chi connectivity index (χ2v) is 5.81. The van der Waals surface area contributed by atoms with Crippen molar-refractivity contribution in [2.75, 3.05) is 10.6 Å². The van der Waals surface area contributed by atoms with Gasteiger partial charge in [0.05, 0.1) is 17.4 Å². The number of nitrogens with zero attached hydrogens (tertiary/aromatic N) is 4. The van der Waals surface area contributed by atoms with E-state index >= 15 is 0 Å². The van der Waals surface area contributed by atoms with Crippen molar-refractivity contribution in [3.05, 3.63) is 65.9 Å². The van der Waals surface area contributed by atoms with Crippen LogP contribution in [-0.4, -0.2) is 15.2 Å². The van der Waals surface area contributed by atoms with Crippen molar-refractivity contribution in [3.8, 4) is 6.07 Å². The van der Waals surface area contributed by atoms with E-state index in [9.17, 15) is 0 Å². The molecule has 0 fully saturated rings. The molecule has 0 amide bonds. The fourth-order valence-corrected chi connectivity index (χ4v) is 2.48. The van der Waals surface area contributed by atoms with Crippen molar-refractivity contribution < 1.29 is 0 Å². The molecule has 6 nitrogen and oxygen atoms in total. The molecule has 6 heteroatoms. The summed E-state index contributed by atoms with van der Waals surface area (Å²) < 4.78 is 0. The first-order valence-electron chi connectivity index (χ1n) is 7.99. The van der Waals surface area contributed by atoms with Crippen LogP contribution in [0.15, 0.2) is 54.7 Å². The van der Waals surface area contributed by atoms with E-state index in [2.05, 4.69) is 51.8 Å². The lowest BCUT2D eigenvalue weighted by Crippen LogP contribution is -2.04. The highest BCUT2D eigenvalue weighted by Gasteiger charge is 2.08. The fourth-order valence-electron chi connectivity index (χ4n) is 2.48. The Labute approximate surface area is 146 Å². The number of hydrogen-bond acceptors (Lipinski definition) is 6. The monoisotopic (exact) mass is 330 g/mol. The van der Waals surface area contributed by atoms with Crippen molar-refractivity contribution in [1.82, 2.24) is 15.2 Å². The first-order valence-corrected chi connectivity index (χ1v) is 7.99.